The average Bonchev–Trinajstić information content (AvgIpc) is 3.13. The van der Waals surface area contributed by atoms with Gasteiger partial charge in [0.2, 0.25) is 6.10 Å². The number of aryl methyl sites for hydroxylation is 2. The molecule has 1 aromatic heterocycles. The second kappa shape index (κ2) is 7.00. The van der Waals surface area contributed by atoms with Crippen molar-refractivity contribution in [2.24, 2.45) is 0 Å². The van der Waals surface area contributed by atoms with Gasteiger partial charge in [0.05, 0.1) is 12.3 Å². The number of rotatable bonds is 5. The maximum Gasteiger partial charge on any atom is 0.351 e. The molecule has 7 heteroatoms. The summed E-state index contributed by atoms with van der Waals surface area (Å²) in [6, 6.07) is 7.70. The van der Waals surface area contributed by atoms with Gasteiger partial charge in [-0.3, -0.25) is 0 Å². The van der Waals surface area contributed by atoms with Gasteiger partial charge in [-0.2, -0.15) is 0 Å². The van der Waals surface area contributed by atoms with Crippen LogP contribution in [0.3, 0.4) is 0 Å². The zero-order valence-corrected chi connectivity index (χ0v) is 14.2. The first kappa shape index (κ1) is 16.4. The zero-order chi connectivity index (χ0) is 17.1. The lowest BCUT2D eigenvalue weighted by Crippen LogP contribution is -2.22. The van der Waals surface area contributed by atoms with E-state index in [0.717, 1.165) is 11.3 Å². The van der Waals surface area contributed by atoms with Crippen molar-refractivity contribution in [2.75, 3.05) is 6.61 Å². The number of esters is 2. The van der Waals surface area contributed by atoms with E-state index < -0.39 is 18.0 Å². The third-order valence-electron chi connectivity index (χ3n) is 3.55. The molecule has 1 fully saturated rings. The van der Waals surface area contributed by atoms with Crippen LogP contribution in [-0.4, -0.2) is 29.6 Å². The summed E-state index contributed by atoms with van der Waals surface area (Å²) >= 11 is 1.21. The van der Waals surface area contributed by atoms with Crippen LogP contribution in [0.5, 0.6) is 5.75 Å². The molecule has 1 saturated heterocycles. The predicted molar refractivity (Wildman–Crippen MR) is 87.1 cm³/mol. The fraction of sp³-hybridized carbons (Fsp3) is 0.353. The minimum absolute atomic E-state index is 0.271. The SMILES string of the molecule is Cc1ccc(OCc2nc(C)c(C(=O)O[C@H]3CCOC3=O)s2)cc1. The van der Waals surface area contributed by atoms with Crippen LogP contribution in [0, 0.1) is 13.8 Å². The molecule has 0 saturated carbocycles. The molecule has 0 aliphatic carbocycles. The van der Waals surface area contributed by atoms with E-state index in [2.05, 4.69) is 4.98 Å². The van der Waals surface area contributed by atoms with Crippen molar-refractivity contribution in [1.82, 2.24) is 4.98 Å². The molecule has 0 radical (unpaired) electrons. The predicted octanol–water partition coefficient (Wildman–Crippen LogP) is 2.81. The maximum absolute atomic E-state index is 12.2. The molecule has 0 unspecified atom stereocenters. The second-order valence-electron chi connectivity index (χ2n) is 5.47. The Balaban J connectivity index is 1.62. The Hall–Kier alpha value is -2.41. The molecule has 0 spiro atoms. The summed E-state index contributed by atoms with van der Waals surface area (Å²) in [5.74, 6) is -0.296. The topological polar surface area (TPSA) is 74.7 Å². The van der Waals surface area contributed by atoms with Gasteiger partial charge in [-0.15, -0.1) is 11.3 Å². The van der Waals surface area contributed by atoms with E-state index >= 15 is 0 Å². The van der Waals surface area contributed by atoms with Gasteiger partial charge in [-0.05, 0) is 26.0 Å². The van der Waals surface area contributed by atoms with E-state index in [1.807, 2.05) is 31.2 Å². The van der Waals surface area contributed by atoms with E-state index in [1.165, 1.54) is 11.3 Å². The molecule has 1 aromatic carbocycles. The van der Waals surface area contributed by atoms with Gasteiger partial charge in [-0.1, -0.05) is 17.7 Å². The van der Waals surface area contributed by atoms with Crippen molar-refractivity contribution in [3.8, 4) is 5.75 Å². The van der Waals surface area contributed by atoms with Crippen LogP contribution >= 0.6 is 11.3 Å². The van der Waals surface area contributed by atoms with Crippen LogP contribution < -0.4 is 4.74 Å². The summed E-state index contributed by atoms with van der Waals surface area (Å²) in [5, 5.41) is 0.675. The number of thiazole rings is 1. The van der Waals surface area contributed by atoms with Crippen LogP contribution in [0.2, 0.25) is 0 Å². The van der Waals surface area contributed by atoms with Gasteiger partial charge in [0.15, 0.2) is 0 Å². The summed E-state index contributed by atoms with van der Waals surface area (Å²) in [7, 11) is 0. The first-order valence-electron chi connectivity index (χ1n) is 7.56. The fourth-order valence-corrected chi connectivity index (χ4v) is 3.11. The highest BCUT2D eigenvalue weighted by molar-refractivity contribution is 7.13. The molecule has 1 aliphatic rings. The Bertz CT molecular complexity index is 753. The molecular formula is C17H17NO5S. The van der Waals surface area contributed by atoms with E-state index in [0.29, 0.717) is 22.0 Å². The molecule has 2 heterocycles. The Morgan fingerprint density at radius 1 is 1.33 bits per heavy atom. The van der Waals surface area contributed by atoms with Crippen LogP contribution in [0.25, 0.3) is 0 Å². The van der Waals surface area contributed by atoms with Crippen LogP contribution in [0.1, 0.15) is 32.4 Å². The van der Waals surface area contributed by atoms with E-state index in [1.54, 1.807) is 6.92 Å². The van der Waals surface area contributed by atoms with Gasteiger partial charge in [-0.25, -0.2) is 14.6 Å². The quantitative estimate of drug-likeness (QED) is 0.774. The maximum atomic E-state index is 12.2. The summed E-state index contributed by atoms with van der Waals surface area (Å²) in [4.78, 5) is 28.3. The smallest absolute Gasteiger partial charge is 0.351 e. The van der Waals surface area contributed by atoms with Crippen molar-refractivity contribution in [3.05, 3.63) is 45.4 Å². The van der Waals surface area contributed by atoms with Crippen LogP contribution in [0.4, 0.5) is 0 Å². The average molecular weight is 347 g/mol. The molecule has 0 bridgehead atoms. The highest BCUT2D eigenvalue weighted by Crippen LogP contribution is 2.23. The minimum atomic E-state index is -0.814. The lowest BCUT2D eigenvalue weighted by molar-refractivity contribution is -0.145. The van der Waals surface area contributed by atoms with Gasteiger partial charge >= 0.3 is 11.9 Å². The Labute approximate surface area is 143 Å². The number of hydrogen-bond donors (Lipinski definition) is 0. The number of benzene rings is 1. The molecule has 1 aliphatic heterocycles. The Kier molecular flexibility index (Phi) is 4.80. The van der Waals surface area contributed by atoms with E-state index in [-0.39, 0.29) is 13.2 Å². The lowest BCUT2D eigenvalue weighted by atomic mass is 10.2. The standard InChI is InChI=1S/C17H17NO5S/c1-10-3-5-12(6-4-10)22-9-14-18-11(2)15(24-14)17(20)23-13-7-8-21-16(13)19/h3-6,13H,7-9H2,1-2H3/t13-/m0/s1. The Morgan fingerprint density at radius 3 is 2.75 bits per heavy atom. The lowest BCUT2D eigenvalue weighted by Gasteiger charge is -2.06. The summed E-state index contributed by atoms with van der Waals surface area (Å²) < 4.78 is 15.6. The molecule has 6 nitrogen and oxygen atoms in total. The molecular weight excluding hydrogens is 330 g/mol. The number of hydrogen-bond acceptors (Lipinski definition) is 7. The number of carbonyl (C=O) groups excluding carboxylic acids is 2. The zero-order valence-electron chi connectivity index (χ0n) is 13.4. The molecule has 3 rings (SSSR count). The van der Waals surface area contributed by atoms with Crippen LogP contribution in [0.15, 0.2) is 24.3 Å². The van der Waals surface area contributed by atoms with Gasteiger partial charge in [0.25, 0.3) is 0 Å². The number of cyclic esters (lactones) is 1. The summed E-state index contributed by atoms with van der Waals surface area (Å²) in [6.07, 6.45) is -0.419. The first-order chi connectivity index (χ1) is 11.5. The number of carbonyl (C=O) groups is 2. The third kappa shape index (κ3) is 3.73. The van der Waals surface area contributed by atoms with E-state index in [4.69, 9.17) is 14.2 Å². The first-order valence-corrected chi connectivity index (χ1v) is 8.38. The Morgan fingerprint density at radius 2 is 2.08 bits per heavy atom. The van der Waals surface area contributed by atoms with Crippen molar-refractivity contribution >= 4 is 23.3 Å². The highest BCUT2D eigenvalue weighted by atomic mass is 32.1. The van der Waals surface area contributed by atoms with Crippen molar-refractivity contribution in [1.29, 1.82) is 0 Å². The summed E-state index contributed by atoms with van der Waals surface area (Å²) in [5.41, 5.74) is 1.72. The molecule has 1 atom stereocenters. The number of aromatic nitrogens is 1. The number of ether oxygens (including phenoxy) is 3. The van der Waals surface area contributed by atoms with Gasteiger partial charge < -0.3 is 14.2 Å². The third-order valence-corrected chi connectivity index (χ3v) is 4.66. The molecule has 0 N–H and O–H groups in total. The monoisotopic (exact) mass is 347 g/mol. The normalized spacial score (nSPS) is 16.8. The highest BCUT2D eigenvalue weighted by Gasteiger charge is 2.31. The van der Waals surface area contributed by atoms with Gasteiger partial charge in [0.1, 0.15) is 22.2 Å². The van der Waals surface area contributed by atoms with Crippen molar-refractivity contribution < 1.29 is 23.8 Å². The minimum Gasteiger partial charge on any atom is -0.486 e. The van der Waals surface area contributed by atoms with Crippen molar-refractivity contribution in [2.45, 2.75) is 33.0 Å². The number of nitrogens with zero attached hydrogens (tertiary/aromatic N) is 1. The van der Waals surface area contributed by atoms with E-state index in [9.17, 15) is 9.59 Å². The largest absolute Gasteiger partial charge is 0.486 e. The molecule has 2 aromatic rings. The van der Waals surface area contributed by atoms with Crippen LogP contribution in [-0.2, 0) is 20.9 Å². The second-order valence-corrected chi connectivity index (χ2v) is 6.56. The molecule has 0 amide bonds. The summed E-state index contributed by atoms with van der Waals surface area (Å²) in [6.45, 7) is 4.29. The molecule has 24 heavy (non-hydrogen) atoms. The van der Waals surface area contributed by atoms with Crippen molar-refractivity contribution in [3.63, 3.8) is 0 Å². The molecule has 126 valence electrons. The van der Waals surface area contributed by atoms with Gasteiger partial charge in [0, 0.05) is 6.42 Å². The fourth-order valence-electron chi connectivity index (χ4n) is 2.25.